The Morgan fingerprint density at radius 3 is 2.06 bits per heavy atom. The molecule has 0 aliphatic rings. The maximum absolute atomic E-state index is 6.06. The van der Waals surface area contributed by atoms with E-state index in [-0.39, 0.29) is 0 Å². The molecule has 0 fully saturated rings. The van der Waals surface area contributed by atoms with Crippen LogP contribution in [0.25, 0.3) is 0 Å². The molecule has 2 aromatic rings. The molecule has 1 atom stereocenters. The van der Waals surface area contributed by atoms with Gasteiger partial charge < -0.3 is 0 Å². The molecule has 0 aliphatic carbocycles. The third-order valence-corrected chi connectivity index (χ3v) is 12.7. The Kier molecular flexibility index (Phi) is 5.15. The van der Waals surface area contributed by atoms with Gasteiger partial charge in [-0.2, -0.15) is 0 Å². The minimum atomic E-state index is -1.51. The first-order valence-electron chi connectivity index (χ1n) is 4.98. The molecule has 0 heterocycles. The third kappa shape index (κ3) is 4.78. The van der Waals surface area contributed by atoms with Crippen molar-refractivity contribution >= 4 is 52.8 Å². The maximum atomic E-state index is 6.06. The Labute approximate surface area is 123 Å². The van der Waals surface area contributed by atoms with E-state index >= 15 is 0 Å². The van der Waals surface area contributed by atoms with Crippen LogP contribution in [0.4, 0.5) is 0 Å². The molecule has 0 radical (unpaired) electrons. The monoisotopic (exact) mass is 442 g/mol. The van der Waals surface area contributed by atoms with E-state index in [2.05, 4.69) is 54.9 Å². The zero-order valence-corrected chi connectivity index (χ0v) is 15.1. The molecule has 0 saturated heterocycles. The van der Waals surface area contributed by atoms with Crippen LogP contribution in [0.15, 0.2) is 60.7 Å². The summed E-state index contributed by atoms with van der Waals surface area (Å²) < 4.78 is 5.91. The zero-order chi connectivity index (χ0) is 12.1. The number of benzene rings is 2. The zero-order valence-electron chi connectivity index (χ0n) is 8.89. The Morgan fingerprint density at radius 2 is 1.47 bits per heavy atom. The van der Waals surface area contributed by atoms with Gasteiger partial charge in [0.05, 0.1) is 0 Å². The normalized spacial score (nSPS) is 13.9. The van der Waals surface area contributed by atoms with Crippen molar-refractivity contribution in [3.63, 3.8) is 0 Å². The summed E-state index contributed by atoms with van der Waals surface area (Å²) in [7, 11) is 0. The molecule has 0 spiro atoms. The van der Waals surface area contributed by atoms with Gasteiger partial charge in [0.2, 0.25) is 0 Å². The van der Waals surface area contributed by atoms with E-state index < -0.39 is 3.11 Å². The summed E-state index contributed by atoms with van der Waals surface area (Å²) in [5.41, 5.74) is 0. The Morgan fingerprint density at radius 1 is 0.941 bits per heavy atom. The number of hydrogen-bond acceptors (Lipinski definition) is 1. The van der Waals surface area contributed by atoms with E-state index in [1.165, 1.54) is 4.46 Å². The average molecular weight is 439 g/mol. The molecule has 0 amide bonds. The Bertz CT molecular complexity index is 470. The summed E-state index contributed by atoms with van der Waals surface area (Å²) >= 11 is 6.27. The topological polar surface area (TPSA) is 9.23 Å². The van der Waals surface area contributed by atoms with Crippen molar-refractivity contribution in [1.29, 1.82) is 0 Å². The second-order valence-electron chi connectivity index (χ2n) is 3.28. The van der Waals surface area contributed by atoms with Gasteiger partial charge in [0.15, 0.2) is 0 Å². The summed E-state index contributed by atoms with van der Waals surface area (Å²) in [5, 5.41) is 0. The third-order valence-electron chi connectivity index (χ3n) is 1.93. The average Bonchev–Trinajstić information content (AvgIpc) is 2.30. The van der Waals surface area contributed by atoms with Crippen LogP contribution >= 0.6 is 3.11 Å². The summed E-state index contributed by atoms with van der Waals surface area (Å²) in [5.74, 6) is 0.943. The molecule has 1 nitrogen and oxygen atoms in total. The molecule has 0 N–H and O–H groups in total. The molecule has 0 aliphatic heterocycles. The fourth-order valence-corrected chi connectivity index (χ4v) is 12.6. The van der Waals surface area contributed by atoms with E-state index in [1.54, 1.807) is 0 Å². The molecule has 17 heavy (non-hydrogen) atoms. The quantitative estimate of drug-likeness (QED) is 0.523. The van der Waals surface area contributed by atoms with Crippen LogP contribution in [-0.2, 0) is 0 Å². The first kappa shape index (κ1) is 13.7. The van der Waals surface area contributed by atoms with Gasteiger partial charge >= 0.3 is 124 Å². The van der Waals surface area contributed by atoms with Gasteiger partial charge in [-0.05, 0) is 0 Å². The summed E-state index contributed by atoms with van der Waals surface area (Å²) in [6.45, 7) is 0. The molecular formula is C12H11OPSe3. The van der Waals surface area contributed by atoms with Crippen molar-refractivity contribution in [1.82, 2.24) is 0 Å². The molecule has 5 heteroatoms. The molecular weight excluding hydrogens is 428 g/mol. The standard InChI is InChI=1S/C12H11OPSe3/c15-14(16,13-11-7-3-1-4-8-11)17-12-9-5-2-6-10-12/h1-10H,(H,15,16). The van der Waals surface area contributed by atoms with Crippen LogP contribution in [0.5, 0.6) is 5.75 Å². The van der Waals surface area contributed by atoms with Gasteiger partial charge in [-0.1, -0.05) is 0 Å². The van der Waals surface area contributed by atoms with Crippen molar-refractivity contribution in [2.45, 2.75) is 0 Å². The predicted molar refractivity (Wildman–Crippen MR) is 78.7 cm³/mol. The Balaban J connectivity index is 2.07. The molecule has 2 aromatic carbocycles. The van der Waals surface area contributed by atoms with Crippen LogP contribution in [0.2, 0.25) is 0 Å². The van der Waals surface area contributed by atoms with E-state index in [0.717, 1.165) is 5.75 Å². The molecule has 88 valence electrons. The van der Waals surface area contributed by atoms with E-state index in [0.29, 0.717) is 14.5 Å². The predicted octanol–water partition coefficient (Wildman–Crippen LogP) is 1.84. The fourth-order valence-electron chi connectivity index (χ4n) is 1.25. The molecule has 1 unspecified atom stereocenters. The number of para-hydroxylation sites is 1. The van der Waals surface area contributed by atoms with Crippen molar-refractivity contribution in [3.05, 3.63) is 60.7 Å². The van der Waals surface area contributed by atoms with Crippen LogP contribution in [0, 0.1) is 0 Å². The SMILES string of the molecule is [Se]=P([SeH])(Oc1ccccc1)[Se]c1ccccc1. The first-order chi connectivity index (χ1) is 8.16. The molecule has 0 aromatic heterocycles. The van der Waals surface area contributed by atoms with Gasteiger partial charge in [0.1, 0.15) is 0 Å². The van der Waals surface area contributed by atoms with E-state index in [1.807, 2.05) is 36.4 Å². The second kappa shape index (κ2) is 6.41. The van der Waals surface area contributed by atoms with Gasteiger partial charge in [-0.15, -0.1) is 0 Å². The molecule has 0 saturated carbocycles. The fraction of sp³-hybridized carbons (Fsp3) is 0. The van der Waals surface area contributed by atoms with Crippen molar-refractivity contribution in [2.75, 3.05) is 0 Å². The number of hydrogen-bond donors (Lipinski definition) is 0. The van der Waals surface area contributed by atoms with E-state index in [4.69, 9.17) is 4.52 Å². The summed E-state index contributed by atoms with van der Waals surface area (Å²) in [4.78, 5) is 0. The van der Waals surface area contributed by atoms with Crippen molar-refractivity contribution < 1.29 is 4.52 Å². The van der Waals surface area contributed by atoms with Crippen LogP contribution in [-0.4, -0.2) is 45.2 Å². The van der Waals surface area contributed by atoms with Crippen molar-refractivity contribution in [3.8, 4) is 5.75 Å². The van der Waals surface area contributed by atoms with Gasteiger partial charge in [-0.25, -0.2) is 0 Å². The van der Waals surface area contributed by atoms with Crippen LogP contribution < -0.4 is 8.99 Å². The molecule has 0 bridgehead atoms. The van der Waals surface area contributed by atoms with Crippen LogP contribution in [0.1, 0.15) is 0 Å². The Hall–Kier alpha value is 0.228. The van der Waals surface area contributed by atoms with Gasteiger partial charge in [0, 0.05) is 0 Å². The van der Waals surface area contributed by atoms with Gasteiger partial charge in [0.25, 0.3) is 0 Å². The van der Waals surface area contributed by atoms with Crippen molar-refractivity contribution in [2.24, 2.45) is 0 Å². The summed E-state index contributed by atoms with van der Waals surface area (Å²) in [6.07, 6.45) is 0. The summed E-state index contributed by atoms with van der Waals surface area (Å²) in [6, 6.07) is 20.5. The second-order valence-corrected chi connectivity index (χ2v) is 28.2. The van der Waals surface area contributed by atoms with Crippen LogP contribution in [0.3, 0.4) is 0 Å². The first-order valence-corrected chi connectivity index (χ1v) is 14.4. The molecule has 2 rings (SSSR count). The van der Waals surface area contributed by atoms with Gasteiger partial charge in [-0.3, -0.25) is 0 Å². The number of rotatable bonds is 4. The van der Waals surface area contributed by atoms with E-state index in [9.17, 15) is 0 Å². The minimum absolute atomic E-state index is 0.324.